The van der Waals surface area contributed by atoms with Gasteiger partial charge >= 0.3 is 0 Å². The van der Waals surface area contributed by atoms with Crippen molar-refractivity contribution in [2.24, 2.45) is 0 Å². The van der Waals surface area contributed by atoms with E-state index < -0.39 is 0 Å². The predicted molar refractivity (Wildman–Crippen MR) is 117 cm³/mol. The van der Waals surface area contributed by atoms with Gasteiger partial charge in [-0.25, -0.2) is 0 Å². The molecule has 0 aromatic heterocycles. The fraction of sp³-hybridized carbons (Fsp3) is 0.250. The highest BCUT2D eigenvalue weighted by Crippen LogP contribution is 2.30. The van der Waals surface area contributed by atoms with Gasteiger partial charge in [-0.15, -0.1) is 0 Å². The Labute approximate surface area is 172 Å². The van der Waals surface area contributed by atoms with Gasteiger partial charge in [-0.3, -0.25) is 0 Å². The van der Waals surface area contributed by atoms with Gasteiger partial charge in [0.25, 0.3) is 0 Å². The van der Waals surface area contributed by atoms with Crippen molar-refractivity contribution in [3.05, 3.63) is 87.9 Å². The smallest absolute Gasteiger partial charge is 0.161 e. The molecule has 0 bridgehead atoms. The number of hydrogen-bond acceptors (Lipinski definition) is 3. The van der Waals surface area contributed by atoms with Crippen molar-refractivity contribution in [1.29, 1.82) is 0 Å². The molecule has 0 aliphatic carbocycles. The van der Waals surface area contributed by atoms with Crippen LogP contribution < -0.4 is 14.8 Å². The van der Waals surface area contributed by atoms with Crippen molar-refractivity contribution in [3.63, 3.8) is 0 Å². The molecular weight excluding hydrogens is 370 g/mol. The number of nitrogens with one attached hydrogen (secondary N) is 1. The van der Waals surface area contributed by atoms with E-state index in [1.807, 2.05) is 43.3 Å². The molecule has 0 aliphatic heterocycles. The minimum absolute atomic E-state index is 0.470. The zero-order chi connectivity index (χ0) is 19.9. The highest BCUT2D eigenvalue weighted by atomic mass is 35.5. The number of halogens is 1. The maximum atomic E-state index is 5.98. The number of hydrogen-bond donors (Lipinski definition) is 1. The molecule has 3 rings (SSSR count). The fourth-order valence-electron chi connectivity index (χ4n) is 2.92. The first-order valence-electron chi connectivity index (χ1n) is 9.49. The molecule has 0 unspecified atom stereocenters. The summed E-state index contributed by atoms with van der Waals surface area (Å²) >= 11 is 5.94. The van der Waals surface area contributed by atoms with Crippen molar-refractivity contribution in [1.82, 2.24) is 0 Å². The minimum atomic E-state index is 0.470. The van der Waals surface area contributed by atoms with Crippen molar-refractivity contribution >= 4 is 17.3 Å². The summed E-state index contributed by atoms with van der Waals surface area (Å²) in [6.07, 6.45) is 0. The van der Waals surface area contributed by atoms with Crippen LogP contribution in [0.25, 0.3) is 0 Å². The van der Waals surface area contributed by atoms with E-state index in [-0.39, 0.29) is 0 Å². The third kappa shape index (κ3) is 5.43. The average molecular weight is 396 g/mol. The molecule has 0 fully saturated rings. The quantitative estimate of drug-likeness (QED) is 0.469. The lowest BCUT2D eigenvalue weighted by Gasteiger charge is -2.15. The molecule has 0 aliphatic rings. The second-order valence-electron chi connectivity index (χ2n) is 6.80. The third-order valence-corrected chi connectivity index (χ3v) is 4.74. The van der Waals surface area contributed by atoms with Gasteiger partial charge < -0.3 is 14.8 Å². The van der Waals surface area contributed by atoms with Crippen molar-refractivity contribution in [2.75, 3.05) is 11.9 Å². The summed E-state index contributed by atoms with van der Waals surface area (Å²) in [5.74, 6) is 1.50. The van der Waals surface area contributed by atoms with Crippen molar-refractivity contribution in [3.8, 4) is 11.5 Å². The van der Waals surface area contributed by atoms with Crippen molar-refractivity contribution in [2.45, 2.75) is 33.9 Å². The maximum absolute atomic E-state index is 5.98. The van der Waals surface area contributed by atoms with E-state index in [1.54, 1.807) is 0 Å². The molecule has 0 saturated heterocycles. The average Bonchev–Trinajstić information content (AvgIpc) is 2.69. The summed E-state index contributed by atoms with van der Waals surface area (Å²) in [5.41, 5.74) is 5.84. The summed E-state index contributed by atoms with van der Waals surface area (Å²) in [7, 11) is 0. The molecule has 3 nitrogen and oxygen atoms in total. The van der Waals surface area contributed by atoms with E-state index in [1.165, 1.54) is 11.1 Å². The standard InChI is InChI=1S/C24H26ClNO2/c1-4-27-24-14-20(15-26-22-13-17(2)5-6-18(22)3)9-12-23(24)28-16-19-7-10-21(25)11-8-19/h5-14,26H,4,15-16H2,1-3H3. The van der Waals surface area contributed by atoms with E-state index in [2.05, 4.69) is 43.4 Å². The summed E-state index contributed by atoms with van der Waals surface area (Å²) in [6, 6.07) is 20.2. The summed E-state index contributed by atoms with van der Waals surface area (Å²) in [5, 5.41) is 4.23. The van der Waals surface area contributed by atoms with Gasteiger partial charge in [-0.05, 0) is 73.4 Å². The molecule has 3 aromatic rings. The monoisotopic (exact) mass is 395 g/mol. The van der Waals surface area contributed by atoms with Gasteiger partial charge in [0, 0.05) is 17.3 Å². The van der Waals surface area contributed by atoms with E-state index in [0.29, 0.717) is 13.2 Å². The van der Waals surface area contributed by atoms with Gasteiger partial charge in [0.2, 0.25) is 0 Å². The van der Waals surface area contributed by atoms with Crippen LogP contribution in [0.15, 0.2) is 60.7 Å². The summed E-state index contributed by atoms with van der Waals surface area (Å²) < 4.78 is 11.8. The first-order chi connectivity index (χ1) is 13.5. The molecule has 0 atom stereocenters. The van der Waals surface area contributed by atoms with Crippen LogP contribution >= 0.6 is 11.6 Å². The second-order valence-corrected chi connectivity index (χ2v) is 7.24. The van der Waals surface area contributed by atoms with E-state index in [0.717, 1.165) is 39.9 Å². The number of aryl methyl sites for hydroxylation is 2. The Hall–Kier alpha value is -2.65. The van der Waals surface area contributed by atoms with Crippen LogP contribution in [0.3, 0.4) is 0 Å². The van der Waals surface area contributed by atoms with Crippen LogP contribution in [0.1, 0.15) is 29.2 Å². The summed E-state index contributed by atoms with van der Waals surface area (Å²) in [6.45, 7) is 7.97. The maximum Gasteiger partial charge on any atom is 0.161 e. The predicted octanol–water partition coefficient (Wildman–Crippen LogP) is 6.55. The van der Waals surface area contributed by atoms with E-state index in [9.17, 15) is 0 Å². The highest BCUT2D eigenvalue weighted by molar-refractivity contribution is 6.30. The van der Waals surface area contributed by atoms with Gasteiger partial charge in [-0.2, -0.15) is 0 Å². The van der Waals surface area contributed by atoms with E-state index >= 15 is 0 Å². The van der Waals surface area contributed by atoms with E-state index in [4.69, 9.17) is 21.1 Å². The van der Waals surface area contributed by atoms with Crippen LogP contribution in [0.4, 0.5) is 5.69 Å². The van der Waals surface area contributed by atoms with Crippen molar-refractivity contribution < 1.29 is 9.47 Å². The van der Waals surface area contributed by atoms with Crippen LogP contribution in [-0.4, -0.2) is 6.61 Å². The van der Waals surface area contributed by atoms with Gasteiger partial charge in [-0.1, -0.05) is 41.9 Å². The Morgan fingerprint density at radius 1 is 0.821 bits per heavy atom. The molecule has 146 valence electrons. The van der Waals surface area contributed by atoms with Gasteiger partial charge in [0.05, 0.1) is 6.61 Å². The molecule has 3 aromatic carbocycles. The number of benzene rings is 3. The second kappa shape index (κ2) is 9.52. The molecule has 0 amide bonds. The number of rotatable bonds is 8. The molecule has 0 spiro atoms. The molecular formula is C24H26ClNO2. The van der Waals surface area contributed by atoms with Gasteiger partial charge in [0.15, 0.2) is 11.5 Å². The summed E-state index contributed by atoms with van der Waals surface area (Å²) in [4.78, 5) is 0. The van der Waals surface area contributed by atoms with Crippen LogP contribution in [0, 0.1) is 13.8 Å². The molecule has 1 N–H and O–H groups in total. The number of anilines is 1. The zero-order valence-electron chi connectivity index (χ0n) is 16.6. The van der Waals surface area contributed by atoms with Crippen LogP contribution in [0.5, 0.6) is 11.5 Å². The lowest BCUT2D eigenvalue weighted by atomic mass is 10.1. The molecule has 0 radical (unpaired) electrons. The van der Waals surface area contributed by atoms with Crippen LogP contribution in [-0.2, 0) is 13.2 Å². The fourth-order valence-corrected chi connectivity index (χ4v) is 3.04. The highest BCUT2D eigenvalue weighted by Gasteiger charge is 2.08. The number of ether oxygens (including phenoxy) is 2. The Morgan fingerprint density at radius 3 is 2.32 bits per heavy atom. The molecule has 4 heteroatoms. The minimum Gasteiger partial charge on any atom is -0.490 e. The SMILES string of the molecule is CCOc1cc(CNc2cc(C)ccc2C)ccc1OCc1ccc(Cl)cc1. The van der Waals surface area contributed by atoms with Gasteiger partial charge in [0.1, 0.15) is 6.61 Å². The normalized spacial score (nSPS) is 10.6. The lowest BCUT2D eigenvalue weighted by Crippen LogP contribution is -2.04. The molecule has 0 heterocycles. The Kier molecular flexibility index (Phi) is 6.83. The Bertz CT molecular complexity index is 922. The molecule has 28 heavy (non-hydrogen) atoms. The largest absolute Gasteiger partial charge is 0.490 e. The zero-order valence-corrected chi connectivity index (χ0v) is 17.3. The first kappa shape index (κ1) is 20.1. The Balaban J connectivity index is 1.69. The topological polar surface area (TPSA) is 30.5 Å². The van der Waals surface area contributed by atoms with Crippen LogP contribution in [0.2, 0.25) is 5.02 Å². The lowest BCUT2D eigenvalue weighted by molar-refractivity contribution is 0.269. The molecule has 0 saturated carbocycles. The third-order valence-electron chi connectivity index (χ3n) is 4.49. The first-order valence-corrected chi connectivity index (χ1v) is 9.87. The Morgan fingerprint density at radius 2 is 1.57 bits per heavy atom.